The lowest BCUT2D eigenvalue weighted by Gasteiger charge is -2.56. The van der Waals surface area contributed by atoms with Gasteiger partial charge in [-0.15, -0.1) is 0 Å². The molecule has 4 aliphatic rings. The van der Waals surface area contributed by atoms with Crippen molar-refractivity contribution in [3.63, 3.8) is 0 Å². The Morgan fingerprint density at radius 1 is 1.18 bits per heavy atom. The number of carboxylic acid groups (broad SMARTS) is 1. The fraction of sp³-hybridized carbons (Fsp3) is 0.727. The van der Waals surface area contributed by atoms with Gasteiger partial charge in [-0.2, -0.15) is 0 Å². The van der Waals surface area contributed by atoms with Crippen LogP contribution in [0.1, 0.15) is 58.8 Å². The normalized spacial score (nSPS) is 32.2. The van der Waals surface area contributed by atoms with E-state index in [1.54, 1.807) is 0 Å². The van der Waals surface area contributed by atoms with Gasteiger partial charge in [0.05, 0.1) is 5.60 Å². The molecule has 0 heterocycles. The summed E-state index contributed by atoms with van der Waals surface area (Å²) in [6.07, 6.45) is 8.28. The van der Waals surface area contributed by atoms with Gasteiger partial charge in [-0.3, -0.25) is 0 Å². The second-order valence-electron chi connectivity index (χ2n) is 8.70. The molecule has 1 atom stereocenters. The van der Waals surface area contributed by atoms with Crippen molar-refractivity contribution >= 4 is 11.9 Å². The number of aliphatic carboxylic acids is 1. The number of hydrogen-bond donors (Lipinski definition) is 1. The Morgan fingerprint density at radius 2 is 1.75 bits per heavy atom. The molecule has 0 aromatic rings. The molecule has 0 aliphatic heterocycles. The minimum Gasteiger partial charge on any atom is -0.478 e. The summed E-state index contributed by atoms with van der Waals surface area (Å²) in [6.45, 7) is 7.58. The van der Waals surface area contributed by atoms with Crippen LogP contribution in [0.4, 0.5) is 0 Å². The summed E-state index contributed by atoms with van der Waals surface area (Å²) < 4.78 is 17.5. The summed E-state index contributed by atoms with van der Waals surface area (Å²) in [6, 6.07) is 0. The van der Waals surface area contributed by atoms with Gasteiger partial charge < -0.3 is 19.3 Å². The third-order valence-corrected chi connectivity index (χ3v) is 6.35. The molecule has 28 heavy (non-hydrogen) atoms. The zero-order valence-electron chi connectivity index (χ0n) is 16.9. The van der Waals surface area contributed by atoms with E-state index < -0.39 is 18.2 Å². The van der Waals surface area contributed by atoms with Gasteiger partial charge in [0.1, 0.15) is 6.61 Å². The molecule has 4 fully saturated rings. The minimum absolute atomic E-state index is 0.0229. The Balaban J connectivity index is 1.52. The highest BCUT2D eigenvalue weighted by molar-refractivity contribution is 5.89. The minimum atomic E-state index is -1.01. The van der Waals surface area contributed by atoms with Crippen LogP contribution in [0, 0.1) is 17.8 Å². The predicted molar refractivity (Wildman–Crippen MR) is 104 cm³/mol. The highest BCUT2D eigenvalue weighted by Gasteiger charge is 2.52. The zero-order chi connectivity index (χ0) is 20.3. The average Bonchev–Trinajstić information content (AvgIpc) is 2.62. The average molecular weight is 392 g/mol. The molecule has 4 saturated carbocycles. The Morgan fingerprint density at radius 3 is 2.25 bits per heavy atom. The highest BCUT2D eigenvalue weighted by Crippen LogP contribution is 2.57. The van der Waals surface area contributed by atoms with Crippen molar-refractivity contribution in [2.24, 2.45) is 17.8 Å². The molecule has 0 aromatic carbocycles. The van der Waals surface area contributed by atoms with Gasteiger partial charge in [-0.25, -0.2) is 9.59 Å². The number of ether oxygens (including phenoxy) is 3. The van der Waals surface area contributed by atoms with E-state index in [1.165, 1.54) is 32.3 Å². The Kier molecular flexibility index (Phi) is 6.61. The van der Waals surface area contributed by atoms with Gasteiger partial charge in [0.15, 0.2) is 6.29 Å². The maximum Gasteiger partial charge on any atom is 0.333 e. The Bertz CT molecular complexity index is 614. The van der Waals surface area contributed by atoms with Crippen LogP contribution in [0.3, 0.4) is 0 Å². The lowest BCUT2D eigenvalue weighted by Crippen LogP contribution is -2.54. The van der Waals surface area contributed by atoms with E-state index >= 15 is 0 Å². The molecule has 4 rings (SSSR count). The summed E-state index contributed by atoms with van der Waals surface area (Å²) in [5.41, 5.74) is 0.260. The van der Waals surface area contributed by atoms with E-state index in [1.807, 2.05) is 6.92 Å². The second kappa shape index (κ2) is 8.78. The van der Waals surface area contributed by atoms with Crippen LogP contribution in [0.25, 0.3) is 0 Å². The highest BCUT2D eigenvalue weighted by atomic mass is 16.7. The van der Waals surface area contributed by atoms with E-state index in [4.69, 9.17) is 19.3 Å². The Hall–Kier alpha value is -1.66. The number of esters is 1. The van der Waals surface area contributed by atoms with E-state index in [9.17, 15) is 9.59 Å². The maximum absolute atomic E-state index is 12.2. The molecule has 1 unspecified atom stereocenters. The maximum atomic E-state index is 12.2. The summed E-state index contributed by atoms with van der Waals surface area (Å²) in [4.78, 5) is 23.0. The van der Waals surface area contributed by atoms with Crippen LogP contribution in [0.5, 0.6) is 0 Å². The molecule has 6 nitrogen and oxygen atoms in total. The number of allylic oxidation sites excluding steroid dienone is 1. The smallest absolute Gasteiger partial charge is 0.333 e. The molecule has 1 N–H and O–H groups in total. The summed E-state index contributed by atoms with van der Waals surface area (Å²) in [5.74, 6) is 0.732. The van der Waals surface area contributed by atoms with Gasteiger partial charge in [0, 0.05) is 17.8 Å². The first-order chi connectivity index (χ1) is 13.3. The fourth-order valence-electron chi connectivity index (χ4n) is 5.45. The topological polar surface area (TPSA) is 82.1 Å². The van der Waals surface area contributed by atoms with Crippen LogP contribution >= 0.6 is 0 Å². The van der Waals surface area contributed by atoms with Crippen LogP contribution in [-0.2, 0) is 23.8 Å². The van der Waals surface area contributed by atoms with E-state index in [0.29, 0.717) is 6.61 Å². The zero-order valence-corrected chi connectivity index (χ0v) is 16.9. The number of carboxylic acids is 1. The van der Waals surface area contributed by atoms with E-state index in [0.717, 1.165) is 37.0 Å². The van der Waals surface area contributed by atoms with Crippen molar-refractivity contribution in [3.8, 4) is 0 Å². The van der Waals surface area contributed by atoms with Crippen molar-refractivity contribution < 1.29 is 28.9 Å². The van der Waals surface area contributed by atoms with Gasteiger partial charge in [0.25, 0.3) is 0 Å². The second-order valence-corrected chi connectivity index (χ2v) is 8.70. The van der Waals surface area contributed by atoms with Crippen LogP contribution in [-0.4, -0.2) is 42.1 Å². The largest absolute Gasteiger partial charge is 0.478 e. The van der Waals surface area contributed by atoms with Gasteiger partial charge in [-0.1, -0.05) is 12.7 Å². The molecule has 0 radical (unpaired) electrons. The summed E-state index contributed by atoms with van der Waals surface area (Å²) in [7, 11) is 0. The van der Waals surface area contributed by atoms with Crippen molar-refractivity contribution in [1.29, 1.82) is 0 Å². The Labute approximate surface area is 166 Å². The molecule has 4 bridgehead atoms. The third-order valence-electron chi connectivity index (χ3n) is 6.35. The molecule has 4 aliphatic carbocycles. The third kappa shape index (κ3) is 5.03. The molecular weight excluding hydrogens is 360 g/mol. The first-order valence-corrected chi connectivity index (χ1v) is 10.3. The van der Waals surface area contributed by atoms with Gasteiger partial charge in [-0.05, 0) is 76.5 Å². The monoisotopic (exact) mass is 392 g/mol. The van der Waals surface area contributed by atoms with Crippen LogP contribution in [0.2, 0.25) is 0 Å². The fourth-order valence-corrected chi connectivity index (χ4v) is 5.45. The van der Waals surface area contributed by atoms with Crippen molar-refractivity contribution in [2.45, 2.75) is 70.7 Å². The molecule has 0 aromatic heterocycles. The van der Waals surface area contributed by atoms with Crippen molar-refractivity contribution in [3.05, 3.63) is 23.8 Å². The number of carbonyl (C=O) groups excluding carboxylic acids is 1. The molecule has 0 saturated heterocycles. The number of hydrogen-bond acceptors (Lipinski definition) is 5. The predicted octanol–water partition coefficient (Wildman–Crippen LogP) is 3.85. The van der Waals surface area contributed by atoms with Gasteiger partial charge in [0.2, 0.25) is 0 Å². The van der Waals surface area contributed by atoms with Gasteiger partial charge >= 0.3 is 11.9 Å². The van der Waals surface area contributed by atoms with Crippen LogP contribution in [0.15, 0.2) is 23.8 Å². The SMILES string of the molecule is C=C(CC=C(C)C(=O)O)C(=O)OCC(OCC)OC12CC3CC(CC(C3)C1)C2. The number of carbonyl (C=O) groups is 2. The molecule has 156 valence electrons. The molecule has 0 spiro atoms. The lowest BCUT2D eigenvalue weighted by atomic mass is 9.54. The lowest BCUT2D eigenvalue weighted by molar-refractivity contribution is -0.265. The van der Waals surface area contributed by atoms with E-state index in [-0.39, 0.29) is 29.8 Å². The summed E-state index contributed by atoms with van der Waals surface area (Å²) in [5, 5.41) is 8.87. The molecular formula is C22H32O6. The van der Waals surface area contributed by atoms with E-state index in [2.05, 4.69) is 6.58 Å². The molecule has 6 heteroatoms. The number of rotatable bonds is 10. The quantitative estimate of drug-likeness (QED) is 0.345. The first-order valence-electron chi connectivity index (χ1n) is 10.3. The van der Waals surface area contributed by atoms with Crippen LogP contribution < -0.4 is 0 Å². The molecule has 0 amide bonds. The van der Waals surface area contributed by atoms with Crippen molar-refractivity contribution in [1.82, 2.24) is 0 Å². The van der Waals surface area contributed by atoms with Crippen molar-refractivity contribution in [2.75, 3.05) is 13.2 Å². The summed E-state index contributed by atoms with van der Waals surface area (Å²) >= 11 is 0. The standard InChI is InChI=1S/C22H32O6/c1-4-26-19(13-27-21(25)15(3)6-5-14(2)20(23)24)28-22-10-16-7-17(11-22)9-18(8-16)12-22/h5,16-19H,3-4,6-13H2,1-2H3,(H,23,24). The first kappa shape index (κ1) is 21.1.